The smallest absolute Gasteiger partial charge is 0.323 e. The Balaban J connectivity index is 2.08. The minimum absolute atomic E-state index is 0.0703. The summed E-state index contributed by atoms with van der Waals surface area (Å²) in [5, 5.41) is 8.84. The van der Waals surface area contributed by atoms with Crippen LogP contribution in [0.2, 0.25) is 0 Å². The lowest BCUT2D eigenvalue weighted by Crippen LogP contribution is -2.36. The van der Waals surface area contributed by atoms with E-state index in [1.165, 1.54) is 11.0 Å². The average molecular weight is 275 g/mol. The Labute approximate surface area is 117 Å². The normalized spacial score (nSPS) is 14.2. The number of hydrogen-bond acceptors (Lipinski definition) is 3. The van der Waals surface area contributed by atoms with Crippen molar-refractivity contribution in [2.24, 2.45) is 0 Å². The molecule has 1 N–H and O–H groups in total. The lowest BCUT2D eigenvalue weighted by Gasteiger charge is -2.18. The number of para-hydroxylation sites is 1. The molecule has 5 nitrogen and oxygen atoms in total. The van der Waals surface area contributed by atoms with Crippen LogP contribution in [0, 0.1) is 0 Å². The molecule has 0 unspecified atom stereocenters. The van der Waals surface area contributed by atoms with Crippen molar-refractivity contribution in [3.05, 3.63) is 35.9 Å². The van der Waals surface area contributed by atoms with Gasteiger partial charge in [-0.25, -0.2) is 0 Å². The molecule has 20 heavy (non-hydrogen) atoms. The van der Waals surface area contributed by atoms with E-state index in [1.54, 1.807) is 19.3 Å². The lowest BCUT2D eigenvalue weighted by atomic mass is 10.2. The summed E-state index contributed by atoms with van der Waals surface area (Å²) in [6.45, 7) is -0.250. The molecule has 2 rings (SSSR count). The van der Waals surface area contributed by atoms with Crippen molar-refractivity contribution in [1.29, 1.82) is 0 Å². The summed E-state index contributed by atoms with van der Waals surface area (Å²) in [6.07, 6.45) is 4.81. The maximum atomic E-state index is 12.1. The summed E-state index contributed by atoms with van der Waals surface area (Å²) in [5.74, 6) is -0.593. The molecule has 1 aliphatic rings. The van der Waals surface area contributed by atoms with Gasteiger partial charge >= 0.3 is 5.97 Å². The third kappa shape index (κ3) is 3.60. The standard InChI is InChI=1S/C15H17NO4/c1-20-13-5-3-2-4-11(13)6-9-14(17)16(10-15(18)19)12-7-8-12/h2-6,9,12H,7-8,10H2,1H3,(H,18,19). The van der Waals surface area contributed by atoms with Crippen LogP contribution in [-0.4, -0.2) is 41.6 Å². The quantitative estimate of drug-likeness (QED) is 0.804. The third-order valence-corrected chi connectivity index (χ3v) is 3.12. The molecule has 0 aliphatic heterocycles. The molecule has 0 atom stereocenters. The van der Waals surface area contributed by atoms with Crippen molar-refractivity contribution in [2.45, 2.75) is 18.9 Å². The molecule has 1 aliphatic carbocycles. The van der Waals surface area contributed by atoms with Gasteiger partial charge in [0.2, 0.25) is 5.91 Å². The van der Waals surface area contributed by atoms with E-state index in [2.05, 4.69) is 0 Å². The molecule has 1 aromatic rings. The van der Waals surface area contributed by atoms with Gasteiger partial charge in [-0.15, -0.1) is 0 Å². The molecular weight excluding hydrogens is 258 g/mol. The fraction of sp³-hybridized carbons (Fsp3) is 0.333. The molecular formula is C15H17NO4. The molecule has 0 saturated heterocycles. The van der Waals surface area contributed by atoms with Crippen molar-refractivity contribution in [3.63, 3.8) is 0 Å². The molecule has 1 aromatic carbocycles. The van der Waals surface area contributed by atoms with Gasteiger partial charge in [0.15, 0.2) is 0 Å². The van der Waals surface area contributed by atoms with Crippen molar-refractivity contribution in [2.75, 3.05) is 13.7 Å². The summed E-state index contributed by atoms with van der Waals surface area (Å²) in [6, 6.07) is 7.41. The second-order valence-corrected chi connectivity index (χ2v) is 4.67. The van der Waals surface area contributed by atoms with E-state index in [4.69, 9.17) is 9.84 Å². The topological polar surface area (TPSA) is 66.8 Å². The Morgan fingerprint density at radius 2 is 2.10 bits per heavy atom. The molecule has 5 heteroatoms. The molecule has 106 valence electrons. The first-order valence-electron chi connectivity index (χ1n) is 6.45. The number of nitrogens with zero attached hydrogens (tertiary/aromatic N) is 1. The zero-order valence-corrected chi connectivity index (χ0v) is 11.3. The SMILES string of the molecule is COc1ccccc1C=CC(=O)N(CC(=O)O)C1CC1. The third-order valence-electron chi connectivity index (χ3n) is 3.12. The molecule has 0 radical (unpaired) electrons. The van der Waals surface area contributed by atoms with Gasteiger partial charge in [0, 0.05) is 17.7 Å². The Kier molecular flexibility index (Phi) is 4.40. The van der Waals surface area contributed by atoms with Gasteiger partial charge in [0.25, 0.3) is 0 Å². The second kappa shape index (κ2) is 6.23. The van der Waals surface area contributed by atoms with E-state index >= 15 is 0 Å². The predicted octanol–water partition coefficient (Wildman–Crippen LogP) is 1.78. The van der Waals surface area contributed by atoms with Crippen molar-refractivity contribution >= 4 is 18.0 Å². The number of amides is 1. The first kappa shape index (κ1) is 14.1. The van der Waals surface area contributed by atoms with E-state index in [0.717, 1.165) is 18.4 Å². The zero-order chi connectivity index (χ0) is 14.5. The maximum Gasteiger partial charge on any atom is 0.323 e. The van der Waals surface area contributed by atoms with E-state index in [-0.39, 0.29) is 18.5 Å². The number of carbonyl (C=O) groups is 2. The van der Waals surface area contributed by atoms with Gasteiger partial charge in [-0.3, -0.25) is 9.59 Å². The van der Waals surface area contributed by atoms with Crippen molar-refractivity contribution in [1.82, 2.24) is 4.90 Å². The van der Waals surface area contributed by atoms with Crippen LogP contribution in [-0.2, 0) is 9.59 Å². The van der Waals surface area contributed by atoms with Crippen LogP contribution in [0.4, 0.5) is 0 Å². The highest BCUT2D eigenvalue weighted by atomic mass is 16.5. The van der Waals surface area contributed by atoms with Crippen LogP contribution >= 0.6 is 0 Å². The van der Waals surface area contributed by atoms with Gasteiger partial charge in [0.05, 0.1) is 7.11 Å². The molecule has 1 fully saturated rings. The van der Waals surface area contributed by atoms with E-state index in [0.29, 0.717) is 5.75 Å². The number of carboxylic acids is 1. The summed E-state index contributed by atoms with van der Waals surface area (Å²) < 4.78 is 5.19. The predicted molar refractivity (Wildman–Crippen MR) is 74.4 cm³/mol. The van der Waals surface area contributed by atoms with Gasteiger partial charge < -0.3 is 14.7 Å². The summed E-state index contributed by atoms with van der Waals surface area (Å²) in [5.41, 5.74) is 0.787. The highest BCUT2D eigenvalue weighted by Crippen LogP contribution is 2.27. The number of aliphatic carboxylic acids is 1. The van der Waals surface area contributed by atoms with Gasteiger partial charge in [-0.1, -0.05) is 18.2 Å². The number of carboxylic acid groups (broad SMARTS) is 1. The Hall–Kier alpha value is -2.30. The Morgan fingerprint density at radius 3 is 2.70 bits per heavy atom. The largest absolute Gasteiger partial charge is 0.496 e. The molecule has 0 aromatic heterocycles. The fourth-order valence-corrected chi connectivity index (χ4v) is 1.98. The average Bonchev–Trinajstić information content (AvgIpc) is 3.26. The highest BCUT2D eigenvalue weighted by Gasteiger charge is 2.32. The van der Waals surface area contributed by atoms with E-state index < -0.39 is 5.97 Å². The van der Waals surface area contributed by atoms with Gasteiger partial charge in [-0.2, -0.15) is 0 Å². The number of hydrogen-bond donors (Lipinski definition) is 1. The van der Waals surface area contributed by atoms with E-state index in [1.807, 2.05) is 18.2 Å². The second-order valence-electron chi connectivity index (χ2n) is 4.67. The maximum absolute atomic E-state index is 12.1. The Bertz CT molecular complexity index is 534. The summed E-state index contributed by atoms with van der Waals surface area (Å²) in [7, 11) is 1.56. The minimum Gasteiger partial charge on any atom is -0.496 e. The van der Waals surface area contributed by atoms with E-state index in [9.17, 15) is 9.59 Å². The number of rotatable bonds is 6. The first-order valence-corrected chi connectivity index (χ1v) is 6.45. The summed E-state index contributed by atoms with van der Waals surface area (Å²) in [4.78, 5) is 24.2. The van der Waals surface area contributed by atoms with Crippen LogP contribution in [0.15, 0.2) is 30.3 Å². The minimum atomic E-state index is -0.990. The molecule has 0 spiro atoms. The van der Waals surface area contributed by atoms with Crippen LogP contribution in [0.3, 0.4) is 0 Å². The van der Waals surface area contributed by atoms with Crippen molar-refractivity contribution < 1.29 is 19.4 Å². The molecule has 0 heterocycles. The first-order chi connectivity index (χ1) is 9.61. The van der Waals surface area contributed by atoms with Gasteiger partial charge in [-0.05, 0) is 25.0 Å². The van der Waals surface area contributed by atoms with Crippen molar-refractivity contribution in [3.8, 4) is 5.75 Å². The lowest BCUT2D eigenvalue weighted by molar-refractivity contribution is -0.143. The summed E-state index contributed by atoms with van der Waals surface area (Å²) >= 11 is 0. The van der Waals surface area contributed by atoms with Crippen LogP contribution in [0.1, 0.15) is 18.4 Å². The zero-order valence-electron chi connectivity index (χ0n) is 11.3. The molecule has 0 bridgehead atoms. The highest BCUT2D eigenvalue weighted by molar-refractivity contribution is 5.94. The monoisotopic (exact) mass is 275 g/mol. The number of methoxy groups -OCH3 is 1. The molecule has 1 amide bonds. The number of ether oxygens (including phenoxy) is 1. The fourth-order valence-electron chi connectivity index (χ4n) is 1.98. The van der Waals surface area contributed by atoms with Crippen LogP contribution in [0.5, 0.6) is 5.75 Å². The number of carbonyl (C=O) groups excluding carboxylic acids is 1. The number of benzene rings is 1. The van der Waals surface area contributed by atoms with Gasteiger partial charge in [0.1, 0.15) is 12.3 Å². The Morgan fingerprint density at radius 1 is 1.40 bits per heavy atom. The van der Waals surface area contributed by atoms with Crippen LogP contribution in [0.25, 0.3) is 6.08 Å². The molecule has 1 saturated carbocycles. The van der Waals surface area contributed by atoms with Crippen LogP contribution < -0.4 is 4.74 Å².